The number of nitro groups is 1. The third-order valence-electron chi connectivity index (χ3n) is 2.97. The van der Waals surface area contributed by atoms with Crippen LogP contribution in [0.5, 0.6) is 0 Å². The van der Waals surface area contributed by atoms with E-state index in [4.69, 9.17) is 0 Å². The van der Waals surface area contributed by atoms with Gasteiger partial charge in [-0.2, -0.15) is 0 Å². The van der Waals surface area contributed by atoms with Crippen molar-refractivity contribution in [2.75, 3.05) is 11.9 Å². The van der Waals surface area contributed by atoms with Crippen LogP contribution in [-0.2, 0) is 0 Å². The maximum absolute atomic E-state index is 10.9. The Kier molecular flexibility index (Phi) is 4.47. The van der Waals surface area contributed by atoms with E-state index in [2.05, 4.69) is 15.3 Å². The Hall–Kier alpha value is -2.50. The van der Waals surface area contributed by atoms with Gasteiger partial charge in [0, 0.05) is 36.2 Å². The molecule has 110 valence electrons. The summed E-state index contributed by atoms with van der Waals surface area (Å²) < 4.78 is 0. The molecule has 1 heterocycles. The zero-order valence-electron chi connectivity index (χ0n) is 12.3. The summed E-state index contributed by atoms with van der Waals surface area (Å²) in [4.78, 5) is 19.4. The molecule has 6 nitrogen and oxygen atoms in total. The largest absolute Gasteiger partial charge is 0.370 e. The molecule has 1 aromatic heterocycles. The Labute approximate surface area is 123 Å². The lowest BCUT2D eigenvalue weighted by molar-refractivity contribution is -0.384. The minimum absolute atomic E-state index is 0.0576. The summed E-state index contributed by atoms with van der Waals surface area (Å²) in [5, 5.41) is 14.1. The third kappa shape index (κ3) is 3.53. The summed E-state index contributed by atoms with van der Waals surface area (Å²) >= 11 is 0. The molecule has 21 heavy (non-hydrogen) atoms. The molecule has 1 aromatic carbocycles. The zero-order valence-corrected chi connectivity index (χ0v) is 12.3. The molecule has 0 aliphatic heterocycles. The van der Waals surface area contributed by atoms with Crippen molar-refractivity contribution in [3.63, 3.8) is 0 Å². The molecule has 6 heteroatoms. The van der Waals surface area contributed by atoms with Gasteiger partial charge in [0.15, 0.2) is 0 Å². The Morgan fingerprint density at radius 1 is 1.29 bits per heavy atom. The van der Waals surface area contributed by atoms with E-state index >= 15 is 0 Å². The monoisotopic (exact) mass is 286 g/mol. The van der Waals surface area contributed by atoms with Crippen molar-refractivity contribution in [2.45, 2.75) is 26.7 Å². The summed E-state index contributed by atoms with van der Waals surface area (Å²) in [6.07, 6.45) is 0. The van der Waals surface area contributed by atoms with E-state index in [9.17, 15) is 10.1 Å². The fraction of sp³-hybridized carbons (Fsp3) is 0.333. The van der Waals surface area contributed by atoms with Crippen LogP contribution in [-0.4, -0.2) is 21.4 Å². The van der Waals surface area contributed by atoms with Gasteiger partial charge in [-0.3, -0.25) is 10.1 Å². The summed E-state index contributed by atoms with van der Waals surface area (Å²) in [5.41, 5.74) is 1.46. The number of aromatic nitrogens is 2. The lowest BCUT2D eigenvalue weighted by atomic mass is 10.1. The van der Waals surface area contributed by atoms with E-state index in [0.717, 1.165) is 18.2 Å². The summed E-state index contributed by atoms with van der Waals surface area (Å²) in [6, 6.07) is 8.29. The van der Waals surface area contributed by atoms with Crippen molar-refractivity contribution >= 4 is 11.5 Å². The second kappa shape index (κ2) is 6.30. The number of hydrogen-bond acceptors (Lipinski definition) is 5. The van der Waals surface area contributed by atoms with Crippen LogP contribution in [0.2, 0.25) is 0 Å². The van der Waals surface area contributed by atoms with E-state index in [0.29, 0.717) is 11.3 Å². The van der Waals surface area contributed by atoms with Gasteiger partial charge in [0.25, 0.3) is 5.69 Å². The van der Waals surface area contributed by atoms with Crippen molar-refractivity contribution in [1.82, 2.24) is 9.97 Å². The van der Waals surface area contributed by atoms with E-state index in [1.165, 1.54) is 12.1 Å². The lowest BCUT2D eigenvalue weighted by Crippen LogP contribution is -2.05. The van der Waals surface area contributed by atoms with Crippen LogP contribution in [0.4, 0.5) is 11.5 Å². The number of nitrogens with one attached hydrogen (secondary N) is 1. The molecule has 0 fully saturated rings. The molecule has 1 N–H and O–H groups in total. The fourth-order valence-corrected chi connectivity index (χ4v) is 1.92. The van der Waals surface area contributed by atoms with Crippen molar-refractivity contribution in [3.05, 3.63) is 46.3 Å². The Balaban J connectivity index is 2.51. The van der Waals surface area contributed by atoms with E-state index in [1.807, 2.05) is 32.9 Å². The molecule has 0 saturated carbocycles. The predicted molar refractivity (Wildman–Crippen MR) is 82.4 cm³/mol. The van der Waals surface area contributed by atoms with Gasteiger partial charge in [-0.15, -0.1) is 0 Å². The van der Waals surface area contributed by atoms with E-state index in [1.54, 1.807) is 6.07 Å². The Bertz CT molecular complexity index is 656. The summed E-state index contributed by atoms with van der Waals surface area (Å²) in [7, 11) is 0. The van der Waals surface area contributed by atoms with Crippen LogP contribution >= 0.6 is 0 Å². The summed E-state index contributed by atoms with van der Waals surface area (Å²) in [5.74, 6) is 1.63. The van der Waals surface area contributed by atoms with Crippen LogP contribution in [0.3, 0.4) is 0 Å². The lowest BCUT2D eigenvalue weighted by Gasteiger charge is -2.11. The molecule has 0 amide bonds. The van der Waals surface area contributed by atoms with Gasteiger partial charge < -0.3 is 5.32 Å². The van der Waals surface area contributed by atoms with Gasteiger partial charge in [0.2, 0.25) is 0 Å². The average Bonchev–Trinajstić information content (AvgIpc) is 2.47. The van der Waals surface area contributed by atoms with Gasteiger partial charge in [0.05, 0.1) is 10.6 Å². The topological polar surface area (TPSA) is 81.0 Å². The number of non-ortho nitro benzene ring substituents is 1. The fourth-order valence-electron chi connectivity index (χ4n) is 1.92. The van der Waals surface area contributed by atoms with Crippen LogP contribution in [0.15, 0.2) is 30.3 Å². The molecule has 2 rings (SSSR count). The van der Waals surface area contributed by atoms with Gasteiger partial charge in [-0.1, -0.05) is 26.0 Å². The smallest absolute Gasteiger partial charge is 0.270 e. The van der Waals surface area contributed by atoms with E-state index in [-0.39, 0.29) is 11.6 Å². The number of anilines is 1. The van der Waals surface area contributed by atoms with Crippen LogP contribution in [0.25, 0.3) is 11.3 Å². The van der Waals surface area contributed by atoms with Gasteiger partial charge in [-0.05, 0) is 6.92 Å². The number of hydrogen-bond donors (Lipinski definition) is 1. The molecular formula is C15H18N4O2. The molecule has 0 bridgehead atoms. The number of rotatable bonds is 5. The highest BCUT2D eigenvalue weighted by atomic mass is 16.6. The molecule has 0 spiro atoms. The maximum atomic E-state index is 10.9. The molecule has 0 atom stereocenters. The van der Waals surface area contributed by atoms with Crippen LogP contribution < -0.4 is 5.32 Å². The summed E-state index contributed by atoms with van der Waals surface area (Å²) in [6.45, 7) is 6.78. The van der Waals surface area contributed by atoms with Crippen molar-refractivity contribution in [1.29, 1.82) is 0 Å². The van der Waals surface area contributed by atoms with Gasteiger partial charge >= 0.3 is 0 Å². The van der Waals surface area contributed by atoms with E-state index < -0.39 is 4.92 Å². The first kappa shape index (κ1) is 14.9. The van der Waals surface area contributed by atoms with Gasteiger partial charge in [-0.25, -0.2) is 9.97 Å². The van der Waals surface area contributed by atoms with Crippen molar-refractivity contribution in [2.24, 2.45) is 0 Å². The SMILES string of the molecule is CCNc1cc(-c2cccc([N+](=O)[O-])c2)nc(C(C)C)n1. The standard InChI is InChI=1S/C15H18N4O2/c1-4-16-14-9-13(17-15(18-14)10(2)3)11-6-5-7-12(8-11)19(20)21/h5-10H,4H2,1-3H3,(H,16,17,18). The minimum atomic E-state index is -0.404. The quantitative estimate of drug-likeness (QED) is 0.670. The van der Waals surface area contributed by atoms with Crippen molar-refractivity contribution in [3.8, 4) is 11.3 Å². The first-order valence-corrected chi connectivity index (χ1v) is 6.89. The highest BCUT2D eigenvalue weighted by Gasteiger charge is 2.12. The second-order valence-electron chi connectivity index (χ2n) is 4.99. The number of nitro benzene ring substituents is 1. The molecule has 0 unspecified atom stereocenters. The Morgan fingerprint density at radius 3 is 2.67 bits per heavy atom. The molecule has 0 aliphatic carbocycles. The zero-order chi connectivity index (χ0) is 15.4. The molecule has 0 aliphatic rings. The second-order valence-corrected chi connectivity index (χ2v) is 4.99. The first-order valence-electron chi connectivity index (χ1n) is 6.89. The van der Waals surface area contributed by atoms with Gasteiger partial charge in [0.1, 0.15) is 11.6 Å². The number of benzene rings is 1. The molecule has 0 saturated heterocycles. The highest BCUT2D eigenvalue weighted by Crippen LogP contribution is 2.25. The average molecular weight is 286 g/mol. The third-order valence-corrected chi connectivity index (χ3v) is 2.97. The normalized spacial score (nSPS) is 10.7. The van der Waals surface area contributed by atoms with Crippen LogP contribution in [0, 0.1) is 10.1 Å². The predicted octanol–water partition coefficient (Wildman–Crippen LogP) is 3.61. The number of nitrogens with zero attached hydrogens (tertiary/aromatic N) is 3. The molecule has 2 aromatic rings. The maximum Gasteiger partial charge on any atom is 0.270 e. The minimum Gasteiger partial charge on any atom is -0.370 e. The highest BCUT2D eigenvalue weighted by molar-refractivity contribution is 5.65. The van der Waals surface area contributed by atoms with Crippen molar-refractivity contribution < 1.29 is 4.92 Å². The van der Waals surface area contributed by atoms with Crippen LogP contribution in [0.1, 0.15) is 32.5 Å². The molecular weight excluding hydrogens is 268 g/mol. The molecule has 0 radical (unpaired) electrons. The Morgan fingerprint density at radius 2 is 2.05 bits per heavy atom. The first-order chi connectivity index (χ1) is 10.0.